The Morgan fingerprint density at radius 3 is 2.54 bits per heavy atom. The summed E-state index contributed by atoms with van der Waals surface area (Å²) < 4.78 is 2.08. The number of nitro groups is 2. The molecular formula is C16H11BrN6O5. The van der Waals surface area contributed by atoms with Crippen molar-refractivity contribution in [2.45, 2.75) is 6.92 Å². The standard InChI is InChI=1S/C16H11BrN6O5/c1-9-12(5-11(22(25)26)6-15(9)23(27)28)16(24)20-13-4-10(17)2-3-14(13)21-8-18-7-19-21/h2-8H,1H3,(H,20,24). The van der Waals surface area contributed by atoms with Crippen LogP contribution in [0.3, 0.4) is 0 Å². The maximum atomic E-state index is 12.8. The number of halogens is 1. The van der Waals surface area contributed by atoms with Gasteiger partial charge < -0.3 is 5.32 Å². The van der Waals surface area contributed by atoms with Gasteiger partial charge in [-0.25, -0.2) is 9.67 Å². The molecule has 0 radical (unpaired) electrons. The normalized spacial score (nSPS) is 10.5. The van der Waals surface area contributed by atoms with Crippen LogP contribution in [0.15, 0.2) is 47.5 Å². The summed E-state index contributed by atoms with van der Waals surface area (Å²) in [5.74, 6) is -0.733. The van der Waals surface area contributed by atoms with E-state index in [9.17, 15) is 25.0 Å². The molecule has 1 aromatic heterocycles. The zero-order valence-corrected chi connectivity index (χ0v) is 15.8. The maximum absolute atomic E-state index is 12.8. The molecule has 3 rings (SSSR count). The molecule has 28 heavy (non-hydrogen) atoms. The first-order valence-corrected chi connectivity index (χ1v) is 8.46. The number of carbonyl (C=O) groups excluding carboxylic acids is 1. The van der Waals surface area contributed by atoms with Crippen molar-refractivity contribution >= 4 is 38.9 Å². The molecular weight excluding hydrogens is 436 g/mol. The van der Waals surface area contributed by atoms with Gasteiger partial charge in [0.2, 0.25) is 0 Å². The zero-order valence-electron chi connectivity index (χ0n) is 14.2. The molecule has 0 saturated carbocycles. The number of aromatic nitrogens is 3. The largest absolute Gasteiger partial charge is 0.320 e. The Morgan fingerprint density at radius 1 is 1.18 bits per heavy atom. The summed E-state index contributed by atoms with van der Waals surface area (Å²) in [6, 6.07) is 6.85. The van der Waals surface area contributed by atoms with Crippen LogP contribution in [0.5, 0.6) is 0 Å². The summed E-state index contributed by atoms with van der Waals surface area (Å²) in [4.78, 5) is 37.4. The SMILES string of the molecule is Cc1c(C(=O)Nc2cc(Br)ccc2-n2cncn2)cc([N+](=O)[O-])cc1[N+](=O)[O-]. The van der Waals surface area contributed by atoms with Gasteiger partial charge in [-0.3, -0.25) is 25.0 Å². The van der Waals surface area contributed by atoms with E-state index in [1.54, 1.807) is 18.2 Å². The third kappa shape index (κ3) is 3.71. The fraction of sp³-hybridized carbons (Fsp3) is 0.0625. The van der Waals surface area contributed by atoms with Crippen molar-refractivity contribution in [3.05, 3.63) is 78.8 Å². The maximum Gasteiger partial charge on any atom is 0.279 e. The Kier molecular flexibility index (Phi) is 5.13. The van der Waals surface area contributed by atoms with Crippen LogP contribution < -0.4 is 5.32 Å². The van der Waals surface area contributed by atoms with E-state index < -0.39 is 27.1 Å². The van der Waals surface area contributed by atoms with Crippen molar-refractivity contribution in [2.24, 2.45) is 0 Å². The van der Waals surface area contributed by atoms with Crippen molar-refractivity contribution < 1.29 is 14.6 Å². The molecule has 0 spiro atoms. The number of benzene rings is 2. The van der Waals surface area contributed by atoms with Gasteiger partial charge >= 0.3 is 0 Å². The van der Waals surface area contributed by atoms with Crippen LogP contribution in [0.25, 0.3) is 5.69 Å². The molecule has 0 saturated heterocycles. The van der Waals surface area contributed by atoms with Gasteiger partial charge in [-0.2, -0.15) is 5.10 Å². The first kappa shape index (κ1) is 19.1. The quantitative estimate of drug-likeness (QED) is 0.466. The number of nitro benzene ring substituents is 2. The van der Waals surface area contributed by atoms with Crippen molar-refractivity contribution in [1.29, 1.82) is 0 Å². The highest BCUT2D eigenvalue weighted by Crippen LogP contribution is 2.30. The fourth-order valence-corrected chi connectivity index (χ4v) is 2.91. The lowest BCUT2D eigenvalue weighted by Gasteiger charge is -2.12. The number of nitrogens with one attached hydrogen (secondary N) is 1. The second-order valence-corrected chi connectivity index (χ2v) is 6.52. The van der Waals surface area contributed by atoms with Crippen LogP contribution in [0.1, 0.15) is 15.9 Å². The zero-order chi connectivity index (χ0) is 20.4. The number of carbonyl (C=O) groups is 1. The Balaban J connectivity index is 2.06. The van der Waals surface area contributed by atoms with E-state index in [-0.39, 0.29) is 11.1 Å². The highest BCUT2D eigenvalue weighted by Gasteiger charge is 2.25. The Morgan fingerprint density at radius 2 is 1.93 bits per heavy atom. The monoisotopic (exact) mass is 446 g/mol. The van der Waals surface area contributed by atoms with Gasteiger partial charge in [-0.15, -0.1) is 0 Å². The van der Waals surface area contributed by atoms with Crippen molar-refractivity contribution in [2.75, 3.05) is 5.32 Å². The average Bonchev–Trinajstić information content (AvgIpc) is 3.15. The van der Waals surface area contributed by atoms with Crippen LogP contribution in [-0.2, 0) is 0 Å². The average molecular weight is 447 g/mol. The van der Waals surface area contributed by atoms with Crippen molar-refractivity contribution in [1.82, 2.24) is 14.8 Å². The molecule has 0 bridgehead atoms. The second-order valence-electron chi connectivity index (χ2n) is 5.61. The molecule has 0 fully saturated rings. The number of hydrogen-bond acceptors (Lipinski definition) is 7. The molecule has 1 heterocycles. The van der Waals surface area contributed by atoms with E-state index >= 15 is 0 Å². The van der Waals surface area contributed by atoms with E-state index in [2.05, 4.69) is 31.3 Å². The van der Waals surface area contributed by atoms with E-state index in [1.807, 2.05) is 0 Å². The second kappa shape index (κ2) is 7.52. The molecule has 142 valence electrons. The third-order valence-electron chi connectivity index (χ3n) is 3.89. The molecule has 2 aromatic carbocycles. The lowest BCUT2D eigenvalue weighted by Crippen LogP contribution is -2.16. The molecule has 1 amide bonds. The molecule has 0 aliphatic heterocycles. The topological polar surface area (TPSA) is 146 Å². The Hall–Kier alpha value is -3.67. The summed E-state index contributed by atoms with van der Waals surface area (Å²) in [6.07, 6.45) is 2.75. The van der Waals surface area contributed by atoms with Gasteiger partial charge in [-0.1, -0.05) is 15.9 Å². The number of non-ortho nitro benzene ring substituents is 1. The molecule has 3 aromatic rings. The molecule has 0 aliphatic carbocycles. The molecule has 12 heteroatoms. The summed E-state index contributed by atoms with van der Waals surface area (Å²) in [5, 5.41) is 28.9. The number of hydrogen-bond donors (Lipinski definition) is 1. The van der Waals surface area contributed by atoms with Crippen molar-refractivity contribution in [3.8, 4) is 5.69 Å². The molecule has 11 nitrogen and oxygen atoms in total. The molecule has 0 atom stereocenters. The predicted molar refractivity (Wildman–Crippen MR) is 102 cm³/mol. The lowest BCUT2D eigenvalue weighted by molar-refractivity contribution is -0.394. The van der Waals surface area contributed by atoms with Gasteiger partial charge in [0.1, 0.15) is 12.7 Å². The van der Waals surface area contributed by atoms with Gasteiger partial charge in [0, 0.05) is 16.1 Å². The highest BCUT2D eigenvalue weighted by atomic mass is 79.9. The predicted octanol–water partition coefficient (Wildman–Crippen LogP) is 3.41. The number of anilines is 1. The molecule has 1 N–H and O–H groups in total. The summed E-state index contributed by atoms with van der Waals surface area (Å²) in [6.45, 7) is 1.36. The van der Waals surface area contributed by atoms with Crippen LogP contribution in [0, 0.1) is 27.2 Å². The van der Waals surface area contributed by atoms with Gasteiger partial charge in [0.15, 0.2) is 0 Å². The molecule has 0 unspecified atom stereocenters. The van der Waals surface area contributed by atoms with Gasteiger partial charge in [0.25, 0.3) is 17.3 Å². The minimum atomic E-state index is -0.789. The van der Waals surface area contributed by atoms with Crippen LogP contribution in [0.4, 0.5) is 17.1 Å². The smallest absolute Gasteiger partial charge is 0.279 e. The first-order valence-electron chi connectivity index (χ1n) is 7.67. The minimum absolute atomic E-state index is 0.0189. The summed E-state index contributed by atoms with van der Waals surface area (Å²) in [7, 11) is 0. The number of nitrogens with zero attached hydrogens (tertiary/aromatic N) is 5. The molecule has 0 aliphatic rings. The van der Waals surface area contributed by atoms with E-state index in [0.29, 0.717) is 15.8 Å². The van der Waals surface area contributed by atoms with Gasteiger partial charge in [-0.05, 0) is 25.1 Å². The third-order valence-corrected chi connectivity index (χ3v) is 4.38. The van der Waals surface area contributed by atoms with Crippen molar-refractivity contribution in [3.63, 3.8) is 0 Å². The van der Waals surface area contributed by atoms with Gasteiger partial charge in [0.05, 0.1) is 32.9 Å². The number of amides is 1. The van der Waals surface area contributed by atoms with Crippen LogP contribution in [-0.4, -0.2) is 30.5 Å². The summed E-state index contributed by atoms with van der Waals surface area (Å²) in [5.41, 5.74) is -0.390. The fourth-order valence-electron chi connectivity index (χ4n) is 2.55. The van der Waals surface area contributed by atoms with Crippen LogP contribution in [0.2, 0.25) is 0 Å². The van der Waals surface area contributed by atoms with E-state index in [1.165, 1.54) is 24.3 Å². The number of rotatable bonds is 5. The highest BCUT2D eigenvalue weighted by molar-refractivity contribution is 9.10. The lowest BCUT2D eigenvalue weighted by atomic mass is 10.0. The van der Waals surface area contributed by atoms with Crippen LogP contribution >= 0.6 is 15.9 Å². The minimum Gasteiger partial charge on any atom is -0.320 e. The summed E-state index contributed by atoms with van der Waals surface area (Å²) >= 11 is 3.31. The Bertz CT molecular complexity index is 1100. The van der Waals surface area contributed by atoms with E-state index in [0.717, 1.165) is 12.1 Å². The Labute approximate surface area is 165 Å². The van der Waals surface area contributed by atoms with E-state index in [4.69, 9.17) is 0 Å². The first-order chi connectivity index (χ1) is 13.3.